The van der Waals surface area contributed by atoms with Crippen LogP contribution in [-0.2, 0) is 0 Å². The first kappa shape index (κ1) is 8.80. The van der Waals surface area contributed by atoms with E-state index in [1.54, 1.807) is 0 Å². The fourth-order valence-corrected chi connectivity index (χ4v) is 1.23. The summed E-state index contributed by atoms with van der Waals surface area (Å²) in [5, 5.41) is 8.52. The van der Waals surface area contributed by atoms with Crippen molar-refractivity contribution in [2.24, 2.45) is 0 Å². The molecule has 1 aromatic carbocycles. The average Bonchev–Trinajstić information content (AvgIpc) is 2.05. The van der Waals surface area contributed by atoms with Crippen molar-refractivity contribution >= 4 is 0 Å². The van der Waals surface area contributed by atoms with E-state index in [-0.39, 0.29) is 0 Å². The zero-order valence-electron chi connectivity index (χ0n) is 7.54. The van der Waals surface area contributed by atoms with Crippen molar-refractivity contribution < 1.29 is 0 Å². The third kappa shape index (κ3) is 2.10. The van der Waals surface area contributed by atoms with E-state index in [4.69, 9.17) is 5.26 Å². The van der Waals surface area contributed by atoms with Crippen LogP contribution >= 0.6 is 0 Å². The molecule has 0 bridgehead atoms. The molecule has 0 aliphatic carbocycles. The van der Waals surface area contributed by atoms with E-state index in [1.165, 1.54) is 11.1 Å². The molecule has 0 amide bonds. The van der Waals surface area contributed by atoms with E-state index < -0.39 is 0 Å². The second kappa shape index (κ2) is 3.92. The number of nitrogens with zero attached hydrogens (tertiary/aromatic N) is 1. The summed E-state index contributed by atoms with van der Waals surface area (Å²) in [7, 11) is 0. The van der Waals surface area contributed by atoms with Gasteiger partial charge in [0.15, 0.2) is 0 Å². The molecule has 0 aliphatic rings. The van der Waals surface area contributed by atoms with Crippen LogP contribution in [0, 0.1) is 18.3 Å². The van der Waals surface area contributed by atoms with Gasteiger partial charge in [0.05, 0.1) is 6.07 Å². The summed E-state index contributed by atoms with van der Waals surface area (Å²) in [6, 6.07) is 10.5. The van der Waals surface area contributed by atoms with E-state index >= 15 is 0 Å². The Hall–Kier alpha value is -1.29. The molecular weight excluding hydrogens is 146 g/mol. The maximum Gasteiger partial charge on any atom is 0.0628 e. The Balaban J connectivity index is 2.82. The third-order valence-corrected chi connectivity index (χ3v) is 2.01. The molecule has 1 heteroatoms. The molecule has 1 aromatic rings. The molecule has 12 heavy (non-hydrogen) atoms. The summed E-state index contributed by atoms with van der Waals surface area (Å²) in [6.45, 7) is 4.15. The second-order valence-corrected chi connectivity index (χ2v) is 3.18. The van der Waals surface area contributed by atoms with Crippen LogP contribution < -0.4 is 0 Å². The van der Waals surface area contributed by atoms with Crippen molar-refractivity contribution in [2.45, 2.75) is 26.2 Å². The molecule has 0 aliphatic heterocycles. The number of hydrogen-bond donors (Lipinski definition) is 0. The van der Waals surface area contributed by atoms with Gasteiger partial charge in [0.2, 0.25) is 0 Å². The van der Waals surface area contributed by atoms with Crippen LogP contribution in [0.4, 0.5) is 0 Å². The molecule has 0 unspecified atom stereocenters. The zero-order valence-corrected chi connectivity index (χ0v) is 7.54. The number of aryl methyl sites for hydroxylation is 1. The second-order valence-electron chi connectivity index (χ2n) is 3.18. The van der Waals surface area contributed by atoms with Gasteiger partial charge in [-0.05, 0) is 18.4 Å². The van der Waals surface area contributed by atoms with Crippen molar-refractivity contribution in [3.63, 3.8) is 0 Å². The van der Waals surface area contributed by atoms with Crippen LogP contribution in [0.5, 0.6) is 0 Å². The van der Waals surface area contributed by atoms with Crippen molar-refractivity contribution in [3.8, 4) is 6.07 Å². The fourth-order valence-electron chi connectivity index (χ4n) is 1.23. The van der Waals surface area contributed by atoms with E-state index in [2.05, 4.69) is 38.1 Å². The van der Waals surface area contributed by atoms with Crippen LogP contribution in [0.1, 0.15) is 30.4 Å². The lowest BCUT2D eigenvalue weighted by molar-refractivity contribution is 0.788. The van der Waals surface area contributed by atoms with Gasteiger partial charge in [-0.2, -0.15) is 5.26 Å². The lowest BCUT2D eigenvalue weighted by Crippen LogP contribution is -1.91. The first-order valence-electron chi connectivity index (χ1n) is 4.17. The average molecular weight is 159 g/mol. The summed E-state index contributed by atoms with van der Waals surface area (Å²) < 4.78 is 0. The molecule has 1 atom stereocenters. The molecular formula is C11H13N. The molecule has 0 spiro atoms. The Morgan fingerprint density at radius 1 is 1.50 bits per heavy atom. The van der Waals surface area contributed by atoms with Crippen molar-refractivity contribution in [3.05, 3.63) is 35.4 Å². The van der Waals surface area contributed by atoms with Gasteiger partial charge < -0.3 is 0 Å². The van der Waals surface area contributed by atoms with Gasteiger partial charge in [0.1, 0.15) is 0 Å². The maximum atomic E-state index is 8.52. The fraction of sp³-hybridized carbons (Fsp3) is 0.364. The molecule has 0 N–H and O–H groups in total. The van der Waals surface area contributed by atoms with Gasteiger partial charge in [-0.15, -0.1) is 0 Å². The summed E-state index contributed by atoms with van der Waals surface area (Å²) in [5.41, 5.74) is 2.52. The highest BCUT2D eigenvalue weighted by Crippen LogP contribution is 2.18. The minimum Gasteiger partial charge on any atom is -0.198 e. The van der Waals surface area contributed by atoms with Gasteiger partial charge >= 0.3 is 0 Å². The molecule has 0 aromatic heterocycles. The Morgan fingerprint density at radius 2 is 2.25 bits per heavy atom. The van der Waals surface area contributed by atoms with E-state index in [9.17, 15) is 0 Å². The van der Waals surface area contributed by atoms with Gasteiger partial charge in [0.25, 0.3) is 0 Å². The smallest absolute Gasteiger partial charge is 0.0628 e. The quantitative estimate of drug-likeness (QED) is 0.650. The molecule has 0 saturated carbocycles. The summed E-state index contributed by atoms with van der Waals surface area (Å²) in [4.78, 5) is 0. The summed E-state index contributed by atoms with van der Waals surface area (Å²) in [5.74, 6) is 0.356. The Labute approximate surface area is 73.6 Å². The molecule has 0 radical (unpaired) electrons. The molecule has 1 rings (SSSR count). The van der Waals surface area contributed by atoms with E-state index in [1.807, 2.05) is 6.07 Å². The molecule has 0 saturated heterocycles. The van der Waals surface area contributed by atoms with Crippen LogP contribution in [0.2, 0.25) is 0 Å². The van der Waals surface area contributed by atoms with Gasteiger partial charge in [0, 0.05) is 6.42 Å². The number of nitriles is 1. The Kier molecular flexibility index (Phi) is 2.88. The first-order chi connectivity index (χ1) is 5.74. The Morgan fingerprint density at radius 3 is 2.83 bits per heavy atom. The van der Waals surface area contributed by atoms with Crippen LogP contribution in [0.3, 0.4) is 0 Å². The normalized spacial score (nSPS) is 12.1. The zero-order chi connectivity index (χ0) is 8.97. The maximum absolute atomic E-state index is 8.52. The van der Waals surface area contributed by atoms with Crippen LogP contribution in [0.15, 0.2) is 24.3 Å². The highest BCUT2D eigenvalue weighted by Gasteiger charge is 2.03. The van der Waals surface area contributed by atoms with Gasteiger partial charge in [-0.25, -0.2) is 0 Å². The van der Waals surface area contributed by atoms with Crippen LogP contribution in [-0.4, -0.2) is 0 Å². The topological polar surface area (TPSA) is 23.8 Å². The largest absolute Gasteiger partial charge is 0.198 e. The number of rotatable bonds is 2. The van der Waals surface area contributed by atoms with Crippen LogP contribution in [0.25, 0.3) is 0 Å². The lowest BCUT2D eigenvalue weighted by atomic mass is 9.97. The molecule has 0 heterocycles. The highest BCUT2D eigenvalue weighted by atomic mass is 14.2. The molecule has 62 valence electrons. The monoisotopic (exact) mass is 159 g/mol. The predicted octanol–water partition coefficient (Wildman–Crippen LogP) is 3.01. The predicted molar refractivity (Wildman–Crippen MR) is 49.8 cm³/mol. The minimum absolute atomic E-state index is 0.356. The SMILES string of the molecule is Cc1cccc([C@@H](C)CC#N)c1. The van der Waals surface area contributed by atoms with Gasteiger partial charge in [-0.3, -0.25) is 0 Å². The van der Waals surface area contributed by atoms with Crippen molar-refractivity contribution in [1.82, 2.24) is 0 Å². The minimum atomic E-state index is 0.356. The van der Waals surface area contributed by atoms with Gasteiger partial charge in [-0.1, -0.05) is 36.8 Å². The number of hydrogen-bond acceptors (Lipinski definition) is 1. The number of benzene rings is 1. The third-order valence-electron chi connectivity index (χ3n) is 2.01. The van der Waals surface area contributed by atoms with Crippen molar-refractivity contribution in [1.29, 1.82) is 5.26 Å². The Bertz CT molecular complexity index is 296. The lowest BCUT2D eigenvalue weighted by Gasteiger charge is -2.07. The molecule has 0 fully saturated rings. The summed E-state index contributed by atoms with van der Waals surface area (Å²) >= 11 is 0. The highest BCUT2D eigenvalue weighted by molar-refractivity contribution is 5.25. The van der Waals surface area contributed by atoms with E-state index in [0.29, 0.717) is 12.3 Å². The standard InChI is InChI=1S/C11H13N/c1-9-4-3-5-11(8-9)10(2)6-7-12/h3-5,8,10H,6H2,1-2H3/t10-/m0/s1. The first-order valence-corrected chi connectivity index (χ1v) is 4.17. The summed E-state index contributed by atoms with van der Waals surface area (Å²) in [6.07, 6.45) is 0.601. The van der Waals surface area contributed by atoms with Crippen molar-refractivity contribution in [2.75, 3.05) is 0 Å². The van der Waals surface area contributed by atoms with E-state index in [0.717, 1.165) is 0 Å². The molecule has 1 nitrogen and oxygen atoms in total.